The van der Waals surface area contributed by atoms with Crippen LogP contribution in [0.3, 0.4) is 0 Å². The standard InChI is InChI=1S/C12H17N3O4/c1-8(2)6-13-11(16)7-19-10-5-4-9(3)14-12(10)15(17)18/h4-5,8H,6-7H2,1-3H3,(H,13,16). The number of carbonyl (C=O) groups is 1. The zero-order chi connectivity index (χ0) is 14.4. The minimum Gasteiger partial charge on any atom is -0.476 e. The van der Waals surface area contributed by atoms with E-state index in [9.17, 15) is 14.9 Å². The van der Waals surface area contributed by atoms with Crippen molar-refractivity contribution in [3.05, 3.63) is 27.9 Å². The zero-order valence-corrected chi connectivity index (χ0v) is 11.2. The summed E-state index contributed by atoms with van der Waals surface area (Å²) < 4.78 is 5.13. The smallest absolute Gasteiger partial charge is 0.406 e. The van der Waals surface area contributed by atoms with Crippen molar-refractivity contribution in [3.8, 4) is 5.75 Å². The van der Waals surface area contributed by atoms with Crippen LogP contribution in [0.15, 0.2) is 12.1 Å². The maximum Gasteiger partial charge on any atom is 0.406 e. The van der Waals surface area contributed by atoms with E-state index in [1.54, 1.807) is 13.0 Å². The number of aromatic nitrogens is 1. The third kappa shape index (κ3) is 4.90. The molecular weight excluding hydrogens is 250 g/mol. The van der Waals surface area contributed by atoms with Crippen LogP contribution in [0.25, 0.3) is 0 Å². The van der Waals surface area contributed by atoms with Gasteiger partial charge in [-0.3, -0.25) is 4.79 Å². The molecule has 0 saturated carbocycles. The summed E-state index contributed by atoms with van der Waals surface area (Å²) in [7, 11) is 0. The summed E-state index contributed by atoms with van der Waals surface area (Å²) in [6, 6.07) is 3.03. The number of ether oxygens (including phenoxy) is 1. The highest BCUT2D eigenvalue weighted by molar-refractivity contribution is 5.77. The number of aryl methyl sites for hydroxylation is 1. The maximum absolute atomic E-state index is 11.4. The van der Waals surface area contributed by atoms with Gasteiger partial charge in [0.25, 0.3) is 5.91 Å². The first-order valence-electron chi connectivity index (χ1n) is 5.91. The van der Waals surface area contributed by atoms with Gasteiger partial charge in [0.05, 0.1) is 0 Å². The summed E-state index contributed by atoms with van der Waals surface area (Å²) in [5.41, 5.74) is 0.517. The Kier molecular flexibility index (Phi) is 5.23. The fraction of sp³-hybridized carbons (Fsp3) is 0.500. The molecule has 1 N–H and O–H groups in total. The lowest BCUT2D eigenvalue weighted by Gasteiger charge is -2.09. The van der Waals surface area contributed by atoms with Crippen LogP contribution in [0.1, 0.15) is 19.5 Å². The van der Waals surface area contributed by atoms with Gasteiger partial charge in [-0.2, -0.15) is 0 Å². The van der Waals surface area contributed by atoms with Gasteiger partial charge < -0.3 is 20.2 Å². The first-order valence-corrected chi connectivity index (χ1v) is 5.91. The van der Waals surface area contributed by atoms with Crippen LogP contribution in [0.5, 0.6) is 5.75 Å². The van der Waals surface area contributed by atoms with Crippen LogP contribution in [0.4, 0.5) is 5.82 Å². The van der Waals surface area contributed by atoms with Crippen molar-refractivity contribution in [1.29, 1.82) is 0 Å². The molecule has 0 fully saturated rings. The topological polar surface area (TPSA) is 94.4 Å². The Morgan fingerprint density at radius 2 is 2.21 bits per heavy atom. The summed E-state index contributed by atoms with van der Waals surface area (Å²) in [6.07, 6.45) is 0. The van der Waals surface area contributed by atoms with Crippen molar-refractivity contribution in [2.75, 3.05) is 13.2 Å². The van der Waals surface area contributed by atoms with Crippen molar-refractivity contribution < 1.29 is 14.5 Å². The zero-order valence-electron chi connectivity index (χ0n) is 11.2. The highest BCUT2D eigenvalue weighted by Gasteiger charge is 2.18. The number of nitro groups is 1. The van der Waals surface area contributed by atoms with Crippen molar-refractivity contribution in [2.24, 2.45) is 5.92 Å². The molecule has 1 aromatic heterocycles. The number of pyridine rings is 1. The van der Waals surface area contributed by atoms with Gasteiger partial charge in [-0.05, 0) is 28.0 Å². The molecule has 0 saturated heterocycles. The Balaban J connectivity index is 2.62. The first-order chi connectivity index (χ1) is 8.90. The average Bonchev–Trinajstić information content (AvgIpc) is 2.34. The van der Waals surface area contributed by atoms with E-state index in [1.165, 1.54) is 6.07 Å². The number of carbonyl (C=O) groups excluding carboxylic acids is 1. The van der Waals surface area contributed by atoms with Gasteiger partial charge in [0.2, 0.25) is 5.75 Å². The molecule has 0 spiro atoms. The van der Waals surface area contributed by atoms with E-state index in [1.807, 2.05) is 13.8 Å². The molecule has 1 amide bonds. The molecule has 19 heavy (non-hydrogen) atoms. The SMILES string of the molecule is Cc1ccc(OCC(=O)NCC(C)C)c([N+](=O)[O-])n1. The van der Waals surface area contributed by atoms with Crippen LogP contribution in [-0.4, -0.2) is 29.0 Å². The molecular formula is C12H17N3O4. The molecule has 0 unspecified atom stereocenters. The molecule has 0 aliphatic rings. The normalized spacial score (nSPS) is 10.3. The molecule has 0 bridgehead atoms. The molecule has 0 atom stereocenters. The van der Waals surface area contributed by atoms with Crippen molar-refractivity contribution in [1.82, 2.24) is 10.3 Å². The van der Waals surface area contributed by atoms with Gasteiger partial charge in [0.15, 0.2) is 6.61 Å². The number of amides is 1. The van der Waals surface area contributed by atoms with Gasteiger partial charge >= 0.3 is 5.82 Å². The fourth-order valence-corrected chi connectivity index (χ4v) is 1.29. The molecule has 7 nitrogen and oxygen atoms in total. The second kappa shape index (κ2) is 6.67. The number of hydrogen-bond donors (Lipinski definition) is 1. The van der Waals surface area contributed by atoms with E-state index in [-0.39, 0.29) is 24.1 Å². The van der Waals surface area contributed by atoms with Crippen LogP contribution >= 0.6 is 0 Å². The van der Waals surface area contributed by atoms with E-state index in [4.69, 9.17) is 4.74 Å². The first kappa shape index (κ1) is 14.9. The second-order valence-electron chi connectivity index (χ2n) is 4.52. The Morgan fingerprint density at radius 3 is 2.79 bits per heavy atom. The molecule has 1 aromatic rings. The van der Waals surface area contributed by atoms with Crippen LogP contribution in [0, 0.1) is 23.0 Å². The van der Waals surface area contributed by atoms with E-state index in [0.717, 1.165) is 0 Å². The lowest BCUT2D eigenvalue weighted by atomic mass is 10.2. The van der Waals surface area contributed by atoms with Gasteiger partial charge in [-0.15, -0.1) is 0 Å². The van der Waals surface area contributed by atoms with E-state index >= 15 is 0 Å². The Labute approximate surface area is 111 Å². The number of hydrogen-bond acceptors (Lipinski definition) is 5. The predicted molar refractivity (Wildman–Crippen MR) is 69.0 cm³/mol. The highest BCUT2D eigenvalue weighted by Crippen LogP contribution is 2.24. The van der Waals surface area contributed by atoms with Crippen LogP contribution < -0.4 is 10.1 Å². The molecule has 0 aliphatic heterocycles. The lowest BCUT2D eigenvalue weighted by Crippen LogP contribution is -2.31. The quantitative estimate of drug-likeness (QED) is 0.621. The molecule has 1 heterocycles. The van der Waals surface area contributed by atoms with Crippen molar-refractivity contribution in [3.63, 3.8) is 0 Å². The van der Waals surface area contributed by atoms with E-state index in [0.29, 0.717) is 18.2 Å². The van der Waals surface area contributed by atoms with Crippen LogP contribution in [-0.2, 0) is 4.79 Å². The summed E-state index contributed by atoms with van der Waals surface area (Å²) in [4.78, 5) is 25.4. The fourth-order valence-electron chi connectivity index (χ4n) is 1.29. The third-order valence-electron chi connectivity index (χ3n) is 2.22. The molecule has 1 rings (SSSR count). The van der Waals surface area contributed by atoms with Gasteiger partial charge in [0, 0.05) is 13.5 Å². The maximum atomic E-state index is 11.4. The molecule has 0 aliphatic carbocycles. The van der Waals surface area contributed by atoms with Crippen molar-refractivity contribution >= 4 is 11.7 Å². The molecule has 104 valence electrons. The Hall–Kier alpha value is -2.18. The largest absolute Gasteiger partial charge is 0.476 e. The lowest BCUT2D eigenvalue weighted by molar-refractivity contribution is -0.390. The van der Waals surface area contributed by atoms with Gasteiger partial charge in [0.1, 0.15) is 5.69 Å². The third-order valence-corrected chi connectivity index (χ3v) is 2.22. The van der Waals surface area contributed by atoms with Crippen LogP contribution in [0.2, 0.25) is 0 Å². The minimum absolute atomic E-state index is 0.00435. The molecule has 0 radical (unpaired) electrons. The van der Waals surface area contributed by atoms with E-state index in [2.05, 4.69) is 10.3 Å². The summed E-state index contributed by atoms with van der Waals surface area (Å²) in [6.45, 7) is 5.85. The van der Waals surface area contributed by atoms with E-state index < -0.39 is 4.92 Å². The predicted octanol–water partition coefficient (Wildman–Crippen LogP) is 1.45. The number of rotatable bonds is 6. The summed E-state index contributed by atoms with van der Waals surface area (Å²) in [5, 5.41) is 13.5. The molecule has 0 aromatic carbocycles. The van der Waals surface area contributed by atoms with Gasteiger partial charge in [-0.25, -0.2) is 0 Å². The monoisotopic (exact) mass is 267 g/mol. The number of nitrogens with zero attached hydrogens (tertiary/aromatic N) is 2. The van der Waals surface area contributed by atoms with Gasteiger partial charge in [-0.1, -0.05) is 13.8 Å². The van der Waals surface area contributed by atoms with Crippen molar-refractivity contribution in [2.45, 2.75) is 20.8 Å². The summed E-state index contributed by atoms with van der Waals surface area (Å²) in [5.74, 6) is -0.366. The number of nitrogens with one attached hydrogen (secondary N) is 1. The summed E-state index contributed by atoms with van der Waals surface area (Å²) >= 11 is 0. The average molecular weight is 267 g/mol. The second-order valence-corrected chi connectivity index (χ2v) is 4.52. The Morgan fingerprint density at radius 1 is 1.53 bits per heavy atom. The molecule has 7 heteroatoms. The Bertz CT molecular complexity index is 474. The highest BCUT2D eigenvalue weighted by atomic mass is 16.6. The minimum atomic E-state index is -0.631.